The fraction of sp³-hybridized carbons (Fsp3) is 0.684. The van der Waals surface area contributed by atoms with Gasteiger partial charge in [-0.25, -0.2) is 0 Å². The average Bonchev–Trinajstić information content (AvgIpc) is 3.11. The lowest BCUT2D eigenvalue weighted by Gasteiger charge is -2.32. The van der Waals surface area contributed by atoms with Crippen LogP contribution >= 0.6 is 0 Å². The Labute approximate surface area is 145 Å². The normalized spacial score (nSPS) is 22.6. The van der Waals surface area contributed by atoms with E-state index in [1.807, 2.05) is 24.3 Å². The Kier molecular flexibility index (Phi) is 6.75. The molecule has 1 atom stereocenters. The maximum absolute atomic E-state index is 5.89. The van der Waals surface area contributed by atoms with Crippen LogP contribution in [0.1, 0.15) is 19.8 Å². The maximum Gasteiger partial charge on any atom is 0.119 e. The molecule has 0 aliphatic carbocycles. The van der Waals surface area contributed by atoms with Crippen molar-refractivity contribution in [3.8, 4) is 11.5 Å². The van der Waals surface area contributed by atoms with Gasteiger partial charge in [-0.2, -0.15) is 0 Å². The Bertz CT molecular complexity index is 474. The van der Waals surface area contributed by atoms with E-state index in [0.29, 0.717) is 0 Å². The average molecular weight is 333 g/mol. The van der Waals surface area contributed by atoms with Crippen molar-refractivity contribution in [2.24, 2.45) is 0 Å². The lowest BCUT2D eigenvalue weighted by Crippen LogP contribution is -2.49. The highest BCUT2D eigenvalue weighted by Crippen LogP contribution is 2.19. The second kappa shape index (κ2) is 9.25. The number of likely N-dealkylation sites (tertiary alicyclic amines) is 1. The molecule has 2 saturated heterocycles. The van der Waals surface area contributed by atoms with Crippen molar-refractivity contribution in [2.45, 2.75) is 25.8 Å². The van der Waals surface area contributed by atoms with E-state index in [-0.39, 0.29) is 0 Å². The van der Waals surface area contributed by atoms with Gasteiger partial charge in [0.15, 0.2) is 0 Å². The number of benzene rings is 1. The lowest BCUT2D eigenvalue weighted by molar-refractivity contribution is 0.165. The predicted octanol–water partition coefficient (Wildman–Crippen LogP) is 1.83. The number of nitrogens with one attached hydrogen (secondary N) is 1. The summed E-state index contributed by atoms with van der Waals surface area (Å²) in [4.78, 5) is 5.18. The molecule has 2 fully saturated rings. The summed E-state index contributed by atoms with van der Waals surface area (Å²) in [6.45, 7) is 11.7. The minimum atomic E-state index is 0.738. The standard InChI is InChI=1S/C19H31N3O2/c1-2-14-23-18-3-5-19(6-4-18)24-15-13-21-10-7-17(16-21)22-11-8-20-9-12-22/h3-6,17,20H,2,7-16H2,1H3. The van der Waals surface area contributed by atoms with Gasteiger partial charge in [0.25, 0.3) is 0 Å². The molecule has 1 unspecified atom stereocenters. The summed E-state index contributed by atoms with van der Waals surface area (Å²) in [5, 5.41) is 3.43. The minimum absolute atomic E-state index is 0.738. The zero-order chi connectivity index (χ0) is 16.6. The third-order valence-electron chi connectivity index (χ3n) is 4.89. The molecule has 0 radical (unpaired) electrons. The van der Waals surface area contributed by atoms with Crippen LogP contribution in [-0.2, 0) is 0 Å². The van der Waals surface area contributed by atoms with Crippen molar-refractivity contribution in [1.82, 2.24) is 15.1 Å². The van der Waals surface area contributed by atoms with Gasteiger partial charge < -0.3 is 14.8 Å². The van der Waals surface area contributed by atoms with Crippen LogP contribution < -0.4 is 14.8 Å². The number of piperazine rings is 1. The van der Waals surface area contributed by atoms with Crippen molar-refractivity contribution >= 4 is 0 Å². The molecule has 1 N–H and O–H groups in total. The predicted molar refractivity (Wildman–Crippen MR) is 97.0 cm³/mol. The van der Waals surface area contributed by atoms with Crippen LogP contribution in [0.5, 0.6) is 11.5 Å². The lowest BCUT2D eigenvalue weighted by atomic mass is 10.2. The third-order valence-corrected chi connectivity index (χ3v) is 4.89. The largest absolute Gasteiger partial charge is 0.494 e. The Balaban J connectivity index is 1.34. The van der Waals surface area contributed by atoms with Crippen molar-refractivity contribution in [1.29, 1.82) is 0 Å². The number of ether oxygens (including phenoxy) is 2. The summed E-state index contributed by atoms with van der Waals surface area (Å²) < 4.78 is 11.5. The van der Waals surface area contributed by atoms with Crippen LogP contribution in [0, 0.1) is 0 Å². The monoisotopic (exact) mass is 333 g/mol. The van der Waals surface area contributed by atoms with Crippen molar-refractivity contribution in [3.05, 3.63) is 24.3 Å². The molecular formula is C19H31N3O2. The first kappa shape index (κ1) is 17.5. The highest BCUT2D eigenvalue weighted by atomic mass is 16.5. The van der Waals surface area contributed by atoms with Gasteiger partial charge in [0.05, 0.1) is 6.61 Å². The second-order valence-electron chi connectivity index (χ2n) is 6.70. The third kappa shape index (κ3) is 5.10. The summed E-state index contributed by atoms with van der Waals surface area (Å²) in [5.41, 5.74) is 0. The van der Waals surface area contributed by atoms with Crippen LogP contribution in [0.3, 0.4) is 0 Å². The molecule has 2 aliphatic rings. The summed E-state index contributed by atoms with van der Waals surface area (Å²) in [6, 6.07) is 8.71. The van der Waals surface area contributed by atoms with E-state index in [0.717, 1.165) is 56.8 Å². The SMILES string of the molecule is CCCOc1ccc(OCCN2CCC(N3CCNCC3)C2)cc1. The molecule has 134 valence electrons. The second-order valence-corrected chi connectivity index (χ2v) is 6.70. The highest BCUT2D eigenvalue weighted by Gasteiger charge is 2.27. The summed E-state index contributed by atoms with van der Waals surface area (Å²) >= 11 is 0. The molecular weight excluding hydrogens is 302 g/mol. The number of nitrogens with zero attached hydrogens (tertiary/aromatic N) is 2. The number of hydrogen-bond acceptors (Lipinski definition) is 5. The first-order chi connectivity index (χ1) is 11.8. The molecule has 0 aromatic heterocycles. The van der Waals surface area contributed by atoms with Crippen LogP contribution in [0.2, 0.25) is 0 Å². The van der Waals surface area contributed by atoms with E-state index < -0.39 is 0 Å². The van der Waals surface area contributed by atoms with Gasteiger partial charge in [-0.3, -0.25) is 9.80 Å². The van der Waals surface area contributed by atoms with E-state index in [4.69, 9.17) is 9.47 Å². The molecule has 2 aliphatic heterocycles. The molecule has 0 amide bonds. The zero-order valence-electron chi connectivity index (χ0n) is 14.9. The molecule has 2 heterocycles. The van der Waals surface area contributed by atoms with Gasteiger partial charge in [0.2, 0.25) is 0 Å². The first-order valence-corrected chi connectivity index (χ1v) is 9.38. The Morgan fingerprint density at radius 1 is 1.00 bits per heavy atom. The molecule has 0 spiro atoms. The van der Waals surface area contributed by atoms with Gasteiger partial charge in [0, 0.05) is 45.3 Å². The smallest absolute Gasteiger partial charge is 0.119 e. The molecule has 1 aromatic rings. The Hall–Kier alpha value is -1.30. The van der Waals surface area contributed by atoms with Crippen molar-refractivity contribution in [3.63, 3.8) is 0 Å². The molecule has 1 aromatic carbocycles. The number of hydrogen-bond donors (Lipinski definition) is 1. The van der Waals surface area contributed by atoms with E-state index in [1.165, 1.54) is 32.6 Å². The Morgan fingerprint density at radius 2 is 1.67 bits per heavy atom. The van der Waals surface area contributed by atoms with Gasteiger partial charge in [-0.05, 0) is 43.7 Å². The molecule has 5 heteroatoms. The topological polar surface area (TPSA) is 37.0 Å². The van der Waals surface area contributed by atoms with Crippen molar-refractivity contribution < 1.29 is 9.47 Å². The highest BCUT2D eigenvalue weighted by molar-refractivity contribution is 5.31. The Morgan fingerprint density at radius 3 is 2.33 bits per heavy atom. The van der Waals surface area contributed by atoms with Gasteiger partial charge in [-0.15, -0.1) is 0 Å². The summed E-state index contributed by atoms with van der Waals surface area (Å²) in [7, 11) is 0. The summed E-state index contributed by atoms with van der Waals surface area (Å²) in [6.07, 6.45) is 2.33. The van der Waals surface area contributed by atoms with Crippen LogP contribution in [-0.4, -0.2) is 74.9 Å². The van der Waals surface area contributed by atoms with Gasteiger partial charge in [-0.1, -0.05) is 6.92 Å². The van der Waals surface area contributed by atoms with Gasteiger partial charge >= 0.3 is 0 Å². The molecule has 3 rings (SSSR count). The van der Waals surface area contributed by atoms with Crippen LogP contribution in [0.15, 0.2) is 24.3 Å². The van der Waals surface area contributed by atoms with Crippen LogP contribution in [0.25, 0.3) is 0 Å². The zero-order valence-corrected chi connectivity index (χ0v) is 14.9. The quantitative estimate of drug-likeness (QED) is 0.786. The van der Waals surface area contributed by atoms with Gasteiger partial charge in [0.1, 0.15) is 18.1 Å². The summed E-state index contributed by atoms with van der Waals surface area (Å²) in [5.74, 6) is 1.85. The molecule has 24 heavy (non-hydrogen) atoms. The van der Waals surface area contributed by atoms with E-state index >= 15 is 0 Å². The fourth-order valence-electron chi connectivity index (χ4n) is 3.51. The number of rotatable bonds is 8. The van der Waals surface area contributed by atoms with Crippen LogP contribution in [0.4, 0.5) is 0 Å². The molecule has 0 bridgehead atoms. The maximum atomic E-state index is 5.89. The fourth-order valence-corrected chi connectivity index (χ4v) is 3.51. The van der Waals surface area contributed by atoms with E-state index in [9.17, 15) is 0 Å². The first-order valence-electron chi connectivity index (χ1n) is 9.38. The molecule has 5 nitrogen and oxygen atoms in total. The van der Waals surface area contributed by atoms with E-state index in [1.54, 1.807) is 0 Å². The molecule has 0 saturated carbocycles. The minimum Gasteiger partial charge on any atom is -0.494 e. The van der Waals surface area contributed by atoms with E-state index in [2.05, 4.69) is 22.0 Å². The van der Waals surface area contributed by atoms with Crippen molar-refractivity contribution in [2.75, 3.05) is 59.0 Å².